The van der Waals surface area contributed by atoms with Crippen molar-refractivity contribution in [1.29, 1.82) is 0 Å². The van der Waals surface area contributed by atoms with Crippen LogP contribution in [0.3, 0.4) is 0 Å². The molecule has 2 fully saturated rings. The summed E-state index contributed by atoms with van der Waals surface area (Å²) >= 11 is 12.5. The molecule has 3 atom stereocenters. The van der Waals surface area contributed by atoms with Gasteiger partial charge in [-0.05, 0) is 67.5 Å². The molecule has 186 valence electrons. The quantitative estimate of drug-likeness (QED) is 0.467. The van der Waals surface area contributed by atoms with Crippen molar-refractivity contribution < 1.29 is 19.1 Å². The summed E-state index contributed by atoms with van der Waals surface area (Å²) in [7, 11) is 0. The van der Waals surface area contributed by atoms with Gasteiger partial charge in [0.1, 0.15) is 6.54 Å². The zero-order chi connectivity index (χ0) is 24.9. The molecular weight excluding hydrogens is 487 g/mol. The smallest absolute Gasteiger partial charge is 0.325 e. The summed E-state index contributed by atoms with van der Waals surface area (Å²) in [6, 6.07) is 15.2. The molecule has 0 spiro atoms. The Bertz CT molecular complexity index is 1070. The highest BCUT2D eigenvalue weighted by Crippen LogP contribution is 2.48. The van der Waals surface area contributed by atoms with E-state index in [1.807, 2.05) is 53.4 Å². The van der Waals surface area contributed by atoms with E-state index in [0.29, 0.717) is 28.9 Å². The molecule has 6 nitrogen and oxygen atoms in total. The van der Waals surface area contributed by atoms with Crippen LogP contribution in [0.2, 0.25) is 10.0 Å². The number of nitrogens with zero attached hydrogens (tertiary/aromatic N) is 1. The van der Waals surface area contributed by atoms with Crippen LogP contribution in [0.4, 0.5) is 0 Å². The fraction of sp³-hybridized carbons (Fsp3) is 0.444. The predicted molar refractivity (Wildman–Crippen MR) is 135 cm³/mol. The molecule has 4 rings (SSSR count). The Hall–Kier alpha value is -2.57. The van der Waals surface area contributed by atoms with Gasteiger partial charge in [0.2, 0.25) is 11.8 Å². The van der Waals surface area contributed by atoms with Crippen LogP contribution in [0.15, 0.2) is 48.5 Å². The summed E-state index contributed by atoms with van der Waals surface area (Å²) in [5.74, 6) is -0.924. The third-order valence-corrected chi connectivity index (χ3v) is 7.18. The van der Waals surface area contributed by atoms with Crippen LogP contribution in [-0.2, 0) is 19.1 Å². The van der Waals surface area contributed by atoms with Crippen LogP contribution in [0.25, 0.3) is 0 Å². The van der Waals surface area contributed by atoms with Gasteiger partial charge in [0.25, 0.3) is 0 Å². The molecule has 0 radical (unpaired) electrons. The standard InChI is InChI=1S/C27H30Cl2N2O4/c1-2-35-25(33)15-30-24(32)14-20-13-23(19-4-3-5-22(29)12-19)26(18-8-10-21(28)11-9-18)31(27(20)34)16-17-6-7-17/h3-5,8-12,17,20,23,26H,2,6-7,13-16H2,1H3,(H,30,32)/t20-,23-,26?/m1/s1. The number of halogens is 2. The summed E-state index contributed by atoms with van der Waals surface area (Å²) in [4.78, 5) is 40.0. The molecule has 1 aliphatic carbocycles. The van der Waals surface area contributed by atoms with E-state index in [1.54, 1.807) is 6.92 Å². The van der Waals surface area contributed by atoms with E-state index >= 15 is 0 Å². The zero-order valence-electron chi connectivity index (χ0n) is 19.7. The average molecular weight is 517 g/mol. The van der Waals surface area contributed by atoms with Crippen molar-refractivity contribution in [2.24, 2.45) is 11.8 Å². The van der Waals surface area contributed by atoms with Crippen molar-refractivity contribution in [1.82, 2.24) is 10.2 Å². The van der Waals surface area contributed by atoms with Gasteiger partial charge in [0.15, 0.2) is 0 Å². The van der Waals surface area contributed by atoms with Crippen molar-refractivity contribution in [2.75, 3.05) is 19.7 Å². The lowest BCUT2D eigenvalue weighted by molar-refractivity contribution is -0.146. The minimum absolute atomic E-state index is 0.0177. The van der Waals surface area contributed by atoms with Gasteiger partial charge in [-0.1, -0.05) is 47.5 Å². The van der Waals surface area contributed by atoms with Gasteiger partial charge >= 0.3 is 5.97 Å². The predicted octanol–water partition coefficient (Wildman–Crippen LogP) is 5.15. The molecule has 1 heterocycles. The second-order valence-corrected chi connectivity index (χ2v) is 10.2. The topological polar surface area (TPSA) is 75.7 Å². The van der Waals surface area contributed by atoms with Crippen LogP contribution >= 0.6 is 23.2 Å². The van der Waals surface area contributed by atoms with Crippen molar-refractivity contribution in [3.05, 3.63) is 69.7 Å². The SMILES string of the molecule is CCOC(=O)CNC(=O)C[C@H]1C[C@H](c2cccc(Cl)c2)C(c2ccc(Cl)cc2)N(CC2CC2)C1=O. The highest BCUT2D eigenvalue weighted by Gasteiger charge is 2.45. The summed E-state index contributed by atoms with van der Waals surface area (Å²) in [6.07, 6.45) is 2.72. The van der Waals surface area contributed by atoms with Crippen LogP contribution in [-0.4, -0.2) is 42.4 Å². The fourth-order valence-corrected chi connectivity index (χ4v) is 5.21. The van der Waals surface area contributed by atoms with E-state index in [-0.39, 0.29) is 43.3 Å². The number of benzene rings is 2. The van der Waals surface area contributed by atoms with Gasteiger partial charge in [0, 0.05) is 34.8 Å². The molecule has 1 saturated heterocycles. The van der Waals surface area contributed by atoms with Crippen molar-refractivity contribution in [3.8, 4) is 0 Å². The minimum atomic E-state index is -0.497. The molecule has 2 aromatic carbocycles. The number of rotatable bonds is 9. The van der Waals surface area contributed by atoms with E-state index < -0.39 is 11.9 Å². The maximum absolute atomic E-state index is 13.8. The summed E-state index contributed by atoms with van der Waals surface area (Å²) in [5, 5.41) is 3.87. The third-order valence-electron chi connectivity index (χ3n) is 6.69. The molecule has 2 amide bonds. The van der Waals surface area contributed by atoms with E-state index in [9.17, 15) is 14.4 Å². The molecule has 8 heteroatoms. The first-order chi connectivity index (χ1) is 16.9. The van der Waals surface area contributed by atoms with Crippen molar-refractivity contribution in [3.63, 3.8) is 0 Å². The molecule has 35 heavy (non-hydrogen) atoms. The number of nitrogens with one attached hydrogen (secondary N) is 1. The number of piperidine rings is 1. The highest BCUT2D eigenvalue weighted by atomic mass is 35.5. The molecule has 1 aliphatic heterocycles. The number of esters is 1. The number of hydrogen-bond acceptors (Lipinski definition) is 4. The molecule has 2 aromatic rings. The first-order valence-corrected chi connectivity index (χ1v) is 12.8. The minimum Gasteiger partial charge on any atom is -0.465 e. The molecule has 1 unspecified atom stereocenters. The van der Waals surface area contributed by atoms with Gasteiger partial charge in [-0.15, -0.1) is 0 Å². The van der Waals surface area contributed by atoms with Gasteiger partial charge in [-0.25, -0.2) is 0 Å². The van der Waals surface area contributed by atoms with E-state index in [0.717, 1.165) is 24.0 Å². The average Bonchev–Trinajstić information content (AvgIpc) is 3.65. The van der Waals surface area contributed by atoms with E-state index in [4.69, 9.17) is 27.9 Å². The van der Waals surface area contributed by atoms with Crippen LogP contribution in [0, 0.1) is 11.8 Å². The number of likely N-dealkylation sites (tertiary alicyclic amines) is 1. The monoisotopic (exact) mass is 516 g/mol. The second kappa shape index (κ2) is 11.4. The number of amides is 2. The largest absolute Gasteiger partial charge is 0.465 e. The highest BCUT2D eigenvalue weighted by molar-refractivity contribution is 6.30. The molecule has 1 N–H and O–H groups in total. The Morgan fingerprint density at radius 3 is 2.46 bits per heavy atom. The molecule has 1 saturated carbocycles. The van der Waals surface area contributed by atoms with E-state index in [2.05, 4.69) is 5.32 Å². The normalized spacial score (nSPS) is 22.1. The fourth-order valence-electron chi connectivity index (χ4n) is 4.88. The molecule has 0 bridgehead atoms. The number of ether oxygens (including phenoxy) is 1. The van der Waals surface area contributed by atoms with Gasteiger partial charge < -0.3 is 15.0 Å². The summed E-state index contributed by atoms with van der Waals surface area (Å²) in [6.45, 7) is 2.41. The second-order valence-electron chi connectivity index (χ2n) is 9.31. The Kier molecular flexibility index (Phi) is 8.34. The Morgan fingerprint density at radius 2 is 1.80 bits per heavy atom. The maximum Gasteiger partial charge on any atom is 0.325 e. The number of carbonyl (C=O) groups excluding carboxylic acids is 3. The van der Waals surface area contributed by atoms with Crippen LogP contribution < -0.4 is 5.32 Å². The lowest BCUT2D eigenvalue weighted by Crippen LogP contribution is -2.49. The van der Waals surface area contributed by atoms with Gasteiger partial charge in [-0.2, -0.15) is 0 Å². The van der Waals surface area contributed by atoms with Gasteiger partial charge in [0.05, 0.1) is 12.6 Å². The number of carbonyl (C=O) groups is 3. The van der Waals surface area contributed by atoms with Crippen molar-refractivity contribution in [2.45, 2.75) is 44.6 Å². The lowest BCUT2D eigenvalue weighted by atomic mass is 9.74. The zero-order valence-corrected chi connectivity index (χ0v) is 21.2. The Labute approximate surface area is 215 Å². The first-order valence-electron chi connectivity index (χ1n) is 12.1. The maximum atomic E-state index is 13.8. The van der Waals surface area contributed by atoms with E-state index in [1.165, 1.54) is 0 Å². The number of hydrogen-bond donors (Lipinski definition) is 1. The molecular formula is C27H30Cl2N2O4. The Morgan fingerprint density at radius 1 is 1.06 bits per heavy atom. The summed E-state index contributed by atoms with van der Waals surface area (Å²) < 4.78 is 4.88. The molecule has 2 aliphatic rings. The van der Waals surface area contributed by atoms with Crippen LogP contribution in [0.5, 0.6) is 0 Å². The van der Waals surface area contributed by atoms with Gasteiger partial charge in [-0.3, -0.25) is 14.4 Å². The first kappa shape index (κ1) is 25.5. The third kappa shape index (κ3) is 6.56. The lowest BCUT2D eigenvalue weighted by Gasteiger charge is -2.45. The van der Waals surface area contributed by atoms with Crippen molar-refractivity contribution >= 4 is 41.0 Å². The summed E-state index contributed by atoms with van der Waals surface area (Å²) in [5.41, 5.74) is 2.04. The molecule has 0 aromatic heterocycles. The Balaban J connectivity index is 1.63. The van der Waals surface area contributed by atoms with Crippen LogP contribution in [0.1, 0.15) is 55.7 Å².